The molecule has 8 heteroatoms. The number of furan rings is 1. The number of carbonyl (C=O) groups excluding carboxylic acids is 1. The fraction of sp³-hybridized carbons (Fsp3) is 0.136. The van der Waals surface area contributed by atoms with Crippen LogP contribution in [0.5, 0.6) is 5.75 Å². The zero-order valence-corrected chi connectivity index (χ0v) is 16.1. The molecule has 0 saturated heterocycles. The lowest BCUT2D eigenvalue weighted by atomic mass is 9.91. The number of phenolic OH excluding ortho intramolecular Hbond substituents is 1. The number of benzene rings is 2. The third kappa shape index (κ3) is 3.75. The van der Waals surface area contributed by atoms with Gasteiger partial charge in [0.1, 0.15) is 16.4 Å². The molecule has 1 atom stereocenters. The Bertz CT molecular complexity index is 1140. The van der Waals surface area contributed by atoms with Gasteiger partial charge in [0.05, 0.1) is 24.2 Å². The maximum atomic E-state index is 13.0. The van der Waals surface area contributed by atoms with Crippen molar-refractivity contribution in [3.05, 3.63) is 93.9 Å². The van der Waals surface area contributed by atoms with E-state index in [9.17, 15) is 20.0 Å². The summed E-state index contributed by atoms with van der Waals surface area (Å²) in [7, 11) is 0. The Morgan fingerprint density at radius 2 is 1.97 bits per heavy atom. The smallest absolute Gasteiger partial charge is 0.433 e. The van der Waals surface area contributed by atoms with Crippen LogP contribution in [-0.2, 0) is 11.3 Å². The number of nitrogens with zero attached hydrogens (tertiary/aromatic N) is 2. The molecule has 8 nitrogen and oxygen atoms in total. The quantitative estimate of drug-likeness (QED) is 0.479. The van der Waals surface area contributed by atoms with Crippen LogP contribution in [0.4, 0.5) is 11.6 Å². The van der Waals surface area contributed by atoms with Gasteiger partial charge in [0.2, 0.25) is 0 Å². The summed E-state index contributed by atoms with van der Waals surface area (Å²) in [6.45, 7) is 2.16. The fourth-order valence-corrected chi connectivity index (χ4v) is 3.48. The van der Waals surface area contributed by atoms with Crippen LogP contribution in [0.1, 0.15) is 29.9 Å². The van der Waals surface area contributed by atoms with Crippen LogP contribution in [0.3, 0.4) is 0 Å². The van der Waals surface area contributed by atoms with Crippen LogP contribution in [0, 0.1) is 10.1 Å². The fourth-order valence-electron chi connectivity index (χ4n) is 3.48. The number of amides is 1. The largest absolute Gasteiger partial charge is 0.508 e. The standard InChI is InChI=1S/C22H19N3O5/c1-14-19-11-16(26)7-9-18(19)20(22(27)23-15-5-3-2-4-6-15)13-24(14)12-17-8-10-21(30-17)25(28)29/h2-11,13-14,26H,12H2,1H3,(H,23,27). The lowest BCUT2D eigenvalue weighted by Crippen LogP contribution is -2.28. The molecule has 1 unspecified atom stereocenters. The van der Waals surface area contributed by atoms with Crippen molar-refractivity contribution < 1.29 is 19.2 Å². The number of carbonyl (C=O) groups is 1. The number of hydrogen-bond acceptors (Lipinski definition) is 6. The van der Waals surface area contributed by atoms with E-state index in [-0.39, 0.29) is 30.1 Å². The highest BCUT2D eigenvalue weighted by Crippen LogP contribution is 2.38. The number of phenols is 1. The number of nitro groups is 1. The zero-order chi connectivity index (χ0) is 21.3. The third-order valence-electron chi connectivity index (χ3n) is 5.01. The van der Waals surface area contributed by atoms with Crippen molar-refractivity contribution in [2.45, 2.75) is 19.5 Å². The zero-order valence-electron chi connectivity index (χ0n) is 16.1. The van der Waals surface area contributed by atoms with E-state index in [2.05, 4.69) is 5.32 Å². The van der Waals surface area contributed by atoms with E-state index in [4.69, 9.17) is 4.42 Å². The summed E-state index contributed by atoms with van der Waals surface area (Å²) < 4.78 is 5.28. The first-order valence-corrected chi connectivity index (χ1v) is 9.33. The highest BCUT2D eigenvalue weighted by Gasteiger charge is 2.29. The first-order chi connectivity index (χ1) is 14.4. The highest BCUT2D eigenvalue weighted by molar-refractivity contribution is 6.25. The number of rotatable bonds is 5. The van der Waals surface area contributed by atoms with E-state index < -0.39 is 4.92 Å². The van der Waals surface area contributed by atoms with Crippen LogP contribution in [0.15, 0.2) is 71.3 Å². The van der Waals surface area contributed by atoms with Crippen molar-refractivity contribution in [1.82, 2.24) is 4.90 Å². The first kappa shape index (κ1) is 19.3. The summed E-state index contributed by atoms with van der Waals surface area (Å²) in [5.41, 5.74) is 2.58. The number of anilines is 1. The number of aromatic hydroxyl groups is 1. The Kier molecular flexibility index (Phi) is 4.97. The second-order valence-corrected chi connectivity index (χ2v) is 6.98. The summed E-state index contributed by atoms with van der Waals surface area (Å²) in [6.07, 6.45) is 1.72. The first-order valence-electron chi connectivity index (χ1n) is 9.33. The van der Waals surface area contributed by atoms with Crippen LogP contribution < -0.4 is 5.32 Å². The Labute approximate surface area is 172 Å². The maximum Gasteiger partial charge on any atom is 0.433 e. The van der Waals surface area contributed by atoms with Crippen molar-refractivity contribution in [3.8, 4) is 5.75 Å². The Hall–Kier alpha value is -4.07. The molecule has 1 aliphatic heterocycles. The second-order valence-electron chi connectivity index (χ2n) is 6.98. The molecule has 30 heavy (non-hydrogen) atoms. The third-order valence-corrected chi connectivity index (χ3v) is 5.01. The van der Waals surface area contributed by atoms with Crippen LogP contribution in [0.25, 0.3) is 5.57 Å². The van der Waals surface area contributed by atoms with E-state index in [1.54, 1.807) is 42.6 Å². The maximum absolute atomic E-state index is 13.0. The average molecular weight is 405 g/mol. The number of hydrogen-bond donors (Lipinski definition) is 2. The molecule has 0 radical (unpaired) electrons. The number of fused-ring (bicyclic) bond motifs is 1. The van der Waals surface area contributed by atoms with Crippen molar-refractivity contribution in [2.24, 2.45) is 0 Å². The normalized spacial score (nSPS) is 15.3. The summed E-state index contributed by atoms with van der Waals surface area (Å²) >= 11 is 0. The minimum Gasteiger partial charge on any atom is -0.508 e. The molecule has 3 aromatic rings. The lowest BCUT2D eigenvalue weighted by molar-refractivity contribution is -0.402. The highest BCUT2D eigenvalue weighted by atomic mass is 16.6. The molecule has 1 amide bonds. The summed E-state index contributed by atoms with van der Waals surface area (Å²) in [5, 5.41) is 23.7. The molecule has 2 aromatic carbocycles. The molecular formula is C22H19N3O5. The van der Waals surface area contributed by atoms with E-state index in [0.717, 1.165) is 11.1 Å². The van der Waals surface area contributed by atoms with Crippen molar-refractivity contribution >= 4 is 23.1 Å². The topological polar surface area (TPSA) is 109 Å². The van der Waals surface area contributed by atoms with Gasteiger partial charge in [-0.3, -0.25) is 14.9 Å². The summed E-state index contributed by atoms with van der Waals surface area (Å²) in [4.78, 5) is 25.2. The molecule has 1 aliphatic rings. The van der Waals surface area contributed by atoms with E-state index in [1.165, 1.54) is 6.07 Å². The van der Waals surface area contributed by atoms with Crippen LogP contribution >= 0.6 is 0 Å². The monoisotopic (exact) mass is 405 g/mol. The number of para-hydroxylation sites is 1. The van der Waals surface area contributed by atoms with Crippen molar-refractivity contribution in [3.63, 3.8) is 0 Å². The Morgan fingerprint density at radius 1 is 1.20 bits per heavy atom. The van der Waals surface area contributed by atoms with E-state index in [1.807, 2.05) is 30.0 Å². The molecule has 152 valence electrons. The lowest BCUT2D eigenvalue weighted by Gasteiger charge is -2.34. The molecule has 0 fully saturated rings. The minimum atomic E-state index is -0.592. The second kappa shape index (κ2) is 7.75. The van der Waals surface area contributed by atoms with Gasteiger partial charge in [0.25, 0.3) is 5.91 Å². The SMILES string of the molecule is CC1c2cc(O)ccc2C(C(=O)Nc2ccccc2)=CN1Cc1ccc([N+](=O)[O-])o1. The molecule has 4 rings (SSSR count). The summed E-state index contributed by atoms with van der Waals surface area (Å²) in [5.74, 6) is -0.135. The van der Waals surface area contributed by atoms with Gasteiger partial charge in [-0.25, -0.2) is 0 Å². The van der Waals surface area contributed by atoms with E-state index >= 15 is 0 Å². The predicted octanol–water partition coefficient (Wildman–Crippen LogP) is 4.45. The predicted molar refractivity (Wildman–Crippen MR) is 110 cm³/mol. The van der Waals surface area contributed by atoms with Crippen LogP contribution in [0.2, 0.25) is 0 Å². The minimum absolute atomic E-state index is 0.0962. The van der Waals surface area contributed by atoms with Gasteiger partial charge >= 0.3 is 5.88 Å². The molecule has 2 heterocycles. The van der Waals surface area contributed by atoms with Crippen LogP contribution in [-0.4, -0.2) is 20.8 Å². The molecular weight excluding hydrogens is 386 g/mol. The molecule has 2 N–H and O–H groups in total. The van der Waals surface area contributed by atoms with Gasteiger partial charge in [0, 0.05) is 11.9 Å². The average Bonchev–Trinajstić information content (AvgIpc) is 3.20. The molecule has 0 bridgehead atoms. The van der Waals surface area contributed by atoms with Gasteiger partial charge in [-0.1, -0.05) is 24.3 Å². The number of nitrogens with one attached hydrogen (secondary N) is 1. The molecule has 1 aromatic heterocycles. The van der Waals surface area contributed by atoms with Gasteiger partial charge in [-0.05, 0) is 48.4 Å². The van der Waals surface area contributed by atoms with Gasteiger partial charge < -0.3 is 19.7 Å². The van der Waals surface area contributed by atoms with Gasteiger partial charge in [-0.2, -0.15) is 0 Å². The Balaban J connectivity index is 1.68. The van der Waals surface area contributed by atoms with Gasteiger partial charge in [-0.15, -0.1) is 0 Å². The van der Waals surface area contributed by atoms with Crippen molar-refractivity contribution in [1.29, 1.82) is 0 Å². The molecule has 0 aliphatic carbocycles. The Morgan fingerprint density at radius 3 is 2.67 bits per heavy atom. The molecule has 0 spiro atoms. The van der Waals surface area contributed by atoms with Crippen molar-refractivity contribution in [2.75, 3.05) is 5.32 Å². The van der Waals surface area contributed by atoms with E-state index in [0.29, 0.717) is 17.0 Å². The molecule has 0 saturated carbocycles. The summed E-state index contributed by atoms with van der Waals surface area (Å²) in [6, 6.07) is 16.6. The van der Waals surface area contributed by atoms with Gasteiger partial charge in [0.15, 0.2) is 0 Å².